The molecular weight excluding hydrogens is 414 g/mol. The van der Waals surface area contributed by atoms with Crippen molar-refractivity contribution in [3.63, 3.8) is 0 Å². The summed E-state index contributed by atoms with van der Waals surface area (Å²) in [5.41, 5.74) is 12.3. The van der Waals surface area contributed by atoms with Crippen molar-refractivity contribution >= 4 is 39.5 Å². The number of nitrogens with two attached hydrogens (primary N) is 1. The van der Waals surface area contributed by atoms with Gasteiger partial charge in [-0.25, -0.2) is 15.4 Å². The molecule has 0 bridgehead atoms. The molecule has 0 unspecified atom stereocenters. The van der Waals surface area contributed by atoms with E-state index in [1.165, 1.54) is 43.9 Å². The molecule has 3 aromatic heterocycles. The zero-order valence-electron chi connectivity index (χ0n) is 17.7. The fraction of sp³-hybridized carbons (Fsp3) is 0.400. The molecule has 1 fully saturated rings. The van der Waals surface area contributed by atoms with Gasteiger partial charge in [-0.15, -0.1) is 0 Å². The number of carbonyl (C=O) groups is 1. The maximum atomic E-state index is 11.7. The van der Waals surface area contributed by atoms with Crippen LogP contribution in [0, 0.1) is 6.92 Å². The van der Waals surface area contributed by atoms with Crippen molar-refractivity contribution in [3.05, 3.63) is 41.7 Å². The summed E-state index contributed by atoms with van der Waals surface area (Å²) in [5.74, 6) is -0.133. The average Bonchev–Trinajstić information content (AvgIpc) is 3.49. The minimum atomic E-state index is -0.597. The maximum absolute atomic E-state index is 11.7. The van der Waals surface area contributed by atoms with E-state index < -0.39 is 5.91 Å². The third-order valence-corrected chi connectivity index (χ3v) is 5.81. The Morgan fingerprint density at radius 3 is 2.65 bits per heavy atom. The molecule has 10 nitrogen and oxygen atoms in total. The number of primary amides is 1. The van der Waals surface area contributed by atoms with Gasteiger partial charge in [-0.1, -0.05) is 6.42 Å². The number of carbonyl (C=O) groups excluding carboxylic acids is 1. The van der Waals surface area contributed by atoms with E-state index in [2.05, 4.69) is 30.4 Å². The summed E-state index contributed by atoms with van der Waals surface area (Å²) in [6.07, 6.45) is 9.57. The molecular formula is C20H27N9OS. The Bertz CT molecular complexity index is 1090. The van der Waals surface area contributed by atoms with Gasteiger partial charge >= 0.3 is 0 Å². The number of piperidine rings is 1. The Labute approximate surface area is 184 Å². The number of hydrogen-bond acceptors (Lipinski definition) is 9. The third kappa shape index (κ3) is 5.01. The lowest BCUT2D eigenvalue weighted by atomic mass is 10.2. The molecule has 1 saturated heterocycles. The fourth-order valence-electron chi connectivity index (χ4n) is 3.46. The van der Waals surface area contributed by atoms with Crippen LogP contribution in [0.1, 0.15) is 41.1 Å². The van der Waals surface area contributed by atoms with Crippen molar-refractivity contribution in [3.8, 4) is 0 Å². The number of hydrogen-bond donors (Lipinski definition) is 4. The standard InChI is InChI=1S/C15H16N8OS.C5H11N/c1-8-3-12(25-21-8)20-14-15-17-5-11(9-4-18-22(2)6-9)23(15)7-10(19-14)13(16)24;1-2-4-6-5-3-1/h3,5-7,18H,4H2,1-2H3,(H2,16,24)(H,19,20);6H,1-5H2. The second-order valence-electron chi connectivity index (χ2n) is 7.54. The van der Waals surface area contributed by atoms with Crippen LogP contribution >= 0.6 is 11.5 Å². The SMILES string of the molecule is C1CCNCC1.Cc1cc(Nc2nc(C(N)=O)cn3c(C4=CN(C)NC4)cnc23)sn1. The molecule has 0 spiro atoms. The van der Waals surface area contributed by atoms with Crippen LogP contribution in [0.25, 0.3) is 11.2 Å². The summed E-state index contributed by atoms with van der Waals surface area (Å²) in [5, 5.41) is 9.17. The predicted octanol–water partition coefficient (Wildman–Crippen LogP) is 1.89. The van der Waals surface area contributed by atoms with Crippen molar-refractivity contribution in [2.45, 2.75) is 26.2 Å². The third-order valence-electron chi connectivity index (χ3n) is 5.02. The van der Waals surface area contributed by atoms with Crippen LogP contribution in [0.2, 0.25) is 0 Å². The van der Waals surface area contributed by atoms with Crippen LogP contribution < -0.4 is 21.8 Å². The monoisotopic (exact) mass is 441 g/mol. The minimum absolute atomic E-state index is 0.162. The van der Waals surface area contributed by atoms with E-state index in [-0.39, 0.29) is 5.69 Å². The van der Waals surface area contributed by atoms with Crippen molar-refractivity contribution in [2.24, 2.45) is 5.73 Å². The Balaban J connectivity index is 0.000000334. The van der Waals surface area contributed by atoms with Gasteiger partial charge in [-0.3, -0.25) is 9.20 Å². The molecule has 3 aromatic rings. The van der Waals surface area contributed by atoms with Crippen LogP contribution in [0.5, 0.6) is 0 Å². The van der Waals surface area contributed by atoms with Crippen molar-refractivity contribution in [1.82, 2.24) is 34.5 Å². The quantitative estimate of drug-likeness (QED) is 0.484. The Morgan fingerprint density at radius 1 is 1.29 bits per heavy atom. The van der Waals surface area contributed by atoms with Gasteiger partial charge in [0, 0.05) is 31.6 Å². The zero-order chi connectivity index (χ0) is 21.8. The van der Waals surface area contributed by atoms with E-state index in [1.807, 2.05) is 35.6 Å². The number of nitrogens with zero attached hydrogens (tertiary/aromatic N) is 5. The van der Waals surface area contributed by atoms with Gasteiger partial charge in [-0.05, 0) is 50.5 Å². The van der Waals surface area contributed by atoms with E-state index in [4.69, 9.17) is 5.73 Å². The Kier molecular flexibility index (Phi) is 6.44. The summed E-state index contributed by atoms with van der Waals surface area (Å²) >= 11 is 1.32. The summed E-state index contributed by atoms with van der Waals surface area (Å²) in [6, 6.07) is 1.90. The molecule has 2 aliphatic heterocycles. The molecule has 0 atom stereocenters. The number of aryl methyl sites for hydroxylation is 1. The molecule has 0 saturated carbocycles. The number of rotatable bonds is 4. The van der Waals surface area contributed by atoms with Crippen LogP contribution in [0.15, 0.2) is 24.7 Å². The van der Waals surface area contributed by atoms with Gasteiger partial charge in [0.15, 0.2) is 11.5 Å². The van der Waals surface area contributed by atoms with Gasteiger partial charge < -0.3 is 21.4 Å². The van der Waals surface area contributed by atoms with E-state index in [9.17, 15) is 4.79 Å². The smallest absolute Gasteiger partial charge is 0.268 e. The molecule has 2 aliphatic rings. The maximum Gasteiger partial charge on any atom is 0.268 e. The minimum Gasteiger partial charge on any atom is -0.364 e. The molecule has 11 heteroatoms. The van der Waals surface area contributed by atoms with E-state index in [0.717, 1.165) is 22.0 Å². The Morgan fingerprint density at radius 2 is 2.10 bits per heavy atom. The summed E-state index contributed by atoms with van der Waals surface area (Å²) in [7, 11) is 1.92. The second kappa shape index (κ2) is 9.41. The van der Waals surface area contributed by atoms with Gasteiger partial charge in [-0.2, -0.15) is 4.37 Å². The molecule has 5 rings (SSSR count). The number of anilines is 2. The molecule has 0 aromatic carbocycles. The highest BCUT2D eigenvalue weighted by Crippen LogP contribution is 2.26. The summed E-state index contributed by atoms with van der Waals surface area (Å²) < 4.78 is 6.07. The molecule has 164 valence electrons. The lowest BCUT2D eigenvalue weighted by molar-refractivity contribution is 0.0995. The molecule has 0 radical (unpaired) electrons. The first kappa shape index (κ1) is 21.2. The summed E-state index contributed by atoms with van der Waals surface area (Å²) in [4.78, 5) is 20.5. The van der Waals surface area contributed by atoms with Crippen LogP contribution in [-0.2, 0) is 0 Å². The topological polar surface area (TPSA) is 125 Å². The lowest BCUT2D eigenvalue weighted by Gasteiger charge is -2.08. The van der Waals surface area contributed by atoms with E-state index in [0.29, 0.717) is 18.0 Å². The van der Waals surface area contributed by atoms with Crippen molar-refractivity contribution < 1.29 is 4.79 Å². The number of imidazole rings is 1. The molecule has 1 amide bonds. The number of nitrogens with one attached hydrogen (secondary N) is 3. The van der Waals surface area contributed by atoms with Crippen LogP contribution in [-0.4, -0.2) is 56.3 Å². The first-order chi connectivity index (χ1) is 15.0. The van der Waals surface area contributed by atoms with Crippen LogP contribution in [0.4, 0.5) is 10.8 Å². The van der Waals surface area contributed by atoms with Gasteiger partial charge in [0.05, 0.1) is 17.6 Å². The fourth-order valence-corrected chi connectivity index (χ4v) is 4.12. The second-order valence-corrected chi connectivity index (χ2v) is 8.35. The highest BCUT2D eigenvalue weighted by atomic mass is 32.1. The molecule has 5 heterocycles. The first-order valence-corrected chi connectivity index (χ1v) is 11.0. The van der Waals surface area contributed by atoms with E-state index >= 15 is 0 Å². The number of amides is 1. The largest absolute Gasteiger partial charge is 0.364 e. The van der Waals surface area contributed by atoms with Crippen molar-refractivity contribution in [2.75, 3.05) is 32.0 Å². The Hall–Kier alpha value is -3.02. The average molecular weight is 442 g/mol. The number of aromatic nitrogens is 4. The van der Waals surface area contributed by atoms with Gasteiger partial charge in [0.25, 0.3) is 5.91 Å². The van der Waals surface area contributed by atoms with Crippen LogP contribution in [0.3, 0.4) is 0 Å². The number of fused-ring (bicyclic) bond motifs is 1. The van der Waals surface area contributed by atoms with E-state index in [1.54, 1.807) is 12.4 Å². The van der Waals surface area contributed by atoms with Crippen molar-refractivity contribution in [1.29, 1.82) is 0 Å². The van der Waals surface area contributed by atoms with Gasteiger partial charge in [0.2, 0.25) is 0 Å². The highest BCUT2D eigenvalue weighted by Gasteiger charge is 2.19. The molecule has 0 aliphatic carbocycles. The molecule has 31 heavy (non-hydrogen) atoms. The normalized spacial score (nSPS) is 16.1. The first-order valence-electron chi connectivity index (χ1n) is 10.3. The molecule has 5 N–H and O–H groups in total. The zero-order valence-corrected chi connectivity index (χ0v) is 18.5. The lowest BCUT2D eigenvalue weighted by Crippen LogP contribution is -2.23. The number of hydrazine groups is 1. The highest BCUT2D eigenvalue weighted by molar-refractivity contribution is 7.10. The summed E-state index contributed by atoms with van der Waals surface area (Å²) in [6.45, 7) is 5.09. The predicted molar refractivity (Wildman–Crippen MR) is 122 cm³/mol. The van der Waals surface area contributed by atoms with Gasteiger partial charge in [0.1, 0.15) is 10.7 Å².